The molecule has 1 aliphatic rings. The molecule has 1 saturated carbocycles. The van der Waals surface area contributed by atoms with Crippen LogP contribution in [0.4, 0.5) is 0 Å². The second-order valence-electron chi connectivity index (χ2n) is 4.72. The van der Waals surface area contributed by atoms with Crippen LogP contribution in [0.15, 0.2) is 6.07 Å². The van der Waals surface area contributed by atoms with Gasteiger partial charge in [-0.15, -0.1) is 16.7 Å². The van der Waals surface area contributed by atoms with Crippen molar-refractivity contribution in [3.63, 3.8) is 0 Å². The predicted octanol–water partition coefficient (Wildman–Crippen LogP) is 3.56. The fourth-order valence-electron chi connectivity index (χ4n) is 2.50. The highest BCUT2D eigenvalue weighted by molar-refractivity contribution is 6.29. The number of fused-ring (bicyclic) bond motifs is 1. The van der Waals surface area contributed by atoms with E-state index in [-0.39, 0.29) is 0 Å². The lowest BCUT2D eigenvalue weighted by Crippen LogP contribution is -2.06. The quantitative estimate of drug-likeness (QED) is 0.626. The van der Waals surface area contributed by atoms with Crippen molar-refractivity contribution in [1.29, 1.82) is 0 Å². The van der Waals surface area contributed by atoms with E-state index in [1.807, 2.05) is 0 Å². The van der Waals surface area contributed by atoms with Crippen LogP contribution in [-0.4, -0.2) is 19.6 Å². The van der Waals surface area contributed by atoms with Gasteiger partial charge in [0.2, 0.25) is 0 Å². The molecule has 0 aliphatic heterocycles. The van der Waals surface area contributed by atoms with Gasteiger partial charge in [-0.2, -0.15) is 9.50 Å². The molecule has 96 valence electrons. The van der Waals surface area contributed by atoms with Gasteiger partial charge in [0.1, 0.15) is 5.15 Å². The van der Waals surface area contributed by atoms with Crippen LogP contribution >= 0.6 is 23.2 Å². The zero-order valence-electron chi connectivity index (χ0n) is 9.94. The van der Waals surface area contributed by atoms with Crippen molar-refractivity contribution in [3.8, 4) is 0 Å². The SMILES string of the molecule is ClCc1cc(Cl)n2nc(C3CCCCC3)nc2n1. The number of hydrogen-bond donors (Lipinski definition) is 0. The summed E-state index contributed by atoms with van der Waals surface area (Å²) in [4.78, 5) is 8.85. The molecule has 1 fully saturated rings. The second-order valence-corrected chi connectivity index (χ2v) is 5.38. The molecule has 0 radical (unpaired) electrons. The third kappa shape index (κ3) is 2.19. The fourth-order valence-corrected chi connectivity index (χ4v) is 2.87. The molecule has 1 aliphatic carbocycles. The molecular formula is C12H14Cl2N4. The molecule has 0 aromatic carbocycles. The van der Waals surface area contributed by atoms with Gasteiger partial charge in [0.15, 0.2) is 5.82 Å². The van der Waals surface area contributed by atoms with E-state index in [1.54, 1.807) is 10.6 Å². The molecule has 2 aromatic heterocycles. The Hall–Kier alpha value is -0.870. The van der Waals surface area contributed by atoms with Crippen molar-refractivity contribution >= 4 is 29.0 Å². The Morgan fingerprint density at radius 2 is 2.00 bits per heavy atom. The van der Waals surface area contributed by atoms with Crippen LogP contribution in [0.3, 0.4) is 0 Å². The van der Waals surface area contributed by atoms with Gasteiger partial charge in [-0.25, -0.2) is 4.98 Å². The number of rotatable bonds is 2. The average molecular weight is 285 g/mol. The van der Waals surface area contributed by atoms with Gasteiger partial charge in [0.25, 0.3) is 5.78 Å². The number of halogens is 2. The molecular weight excluding hydrogens is 271 g/mol. The van der Waals surface area contributed by atoms with Crippen LogP contribution < -0.4 is 0 Å². The molecule has 0 spiro atoms. The Morgan fingerprint density at radius 3 is 2.72 bits per heavy atom. The molecule has 0 bridgehead atoms. The summed E-state index contributed by atoms with van der Waals surface area (Å²) in [6, 6.07) is 1.74. The summed E-state index contributed by atoms with van der Waals surface area (Å²) in [5, 5.41) is 5.00. The summed E-state index contributed by atoms with van der Waals surface area (Å²) in [6.45, 7) is 0. The molecule has 4 nitrogen and oxygen atoms in total. The Balaban J connectivity index is 2.01. The van der Waals surface area contributed by atoms with Gasteiger partial charge in [0.05, 0.1) is 11.6 Å². The third-order valence-corrected chi connectivity index (χ3v) is 3.99. The molecule has 0 amide bonds. The number of alkyl halides is 1. The van der Waals surface area contributed by atoms with Crippen molar-refractivity contribution in [2.45, 2.75) is 43.9 Å². The normalized spacial score (nSPS) is 17.4. The molecule has 18 heavy (non-hydrogen) atoms. The summed E-state index contributed by atoms with van der Waals surface area (Å²) in [6.07, 6.45) is 6.16. The molecule has 0 unspecified atom stereocenters. The van der Waals surface area contributed by atoms with E-state index in [2.05, 4.69) is 15.1 Å². The first-order valence-electron chi connectivity index (χ1n) is 6.26. The van der Waals surface area contributed by atoms with Gasteiger partial charge >= 0.3 is 0 Å². The number of nitrogens with zero attached hydrogens (tertiary/aromatic N) is 4. The van der Waals surface area contributed by atoms with Crippen LogP contribution in [0.5, 0.6) is 0 Å². The zero-order chi connectivity index (χ0) is 12.5. The highest BCUT2D eigenvalue weighted by Gasteiger charge is 2.21. The monoisotopic (exact) mass is 284 g/mol. The first kappa shape index (κ1) is 12.2. The van der Waals surface area contributed by atoms with E-state index in [1.165, 1.54) is 19.3 Å². The average Bonchev–Trinajstić information content (AvgIpc) is 2.84. The topological polar surface area (TPSA) is 43.1 Å². The summed E-state index contributed by atoms with van der Waals surface area (Å²) in [7, 11) is 0. The number of hydrogen-bond acceptors (Lipinski definition) is 3. The maximum Gasteiger partial charge on any atom is 0.254 e. The first-order chi connectivity index (χ1) is 8.78. The van der Waals surface area contributed by atoms with E-state index in [0.717, 1.165) is 24.4 Å². The highest BCUT2D eigenvalue weighted by Crippen LogP contribution is 2.31. The summed E-state index contributed by atoms with van der Waals surface area (Å²) < 4.78 is 1.60. The van der Waals surface area contributed by atoms with Crippen LogP contribution in [0.1, 0.15) is 49.5 Å². The minimum absolute atomic E-state index is 0.335. The Bertz CT molecular complexity index is 560. The first-order valence-corrected chi connectivity index (χ1v) is 7.17. The maximum absolute atomic E-state index is 6.16. The van der Waals surface area contributed by atoms with Crippen molar-refractivity contribution in [2.24, 2.45) is 0 Å². The van der Waals surface area contributed by atoms with Crippen molar-refractivity contribution in [3.05, 3.63) is 22.7 Å². The zero-order valence-corrected chi connectivity index (χ0v) is 11.5. The number of aromatic nitrogens is 4. The Labute approximate surface area is 115 Å². The Morgan fingerprint density at radius 1 is 1.22 bits per heavy atom. The minimum atomic E-state index is 0.335. The van der Waals surface area contributed by atoms with E-state index in [4.69, 9.17) is 23.2 Å². The smallest absolute Gasteiger partial charge is 0.215 e. The Kier molecular flexibility index (Phi) is 3.39. The highest BCUT2D eigenvalue weighted by atomic mass is 35.5. The summed E-state index contributed by atoms with van der Waals surface area (Å²) in [5.41, 5.74) is 0.733. The lowest BCUT2D eigenvalue weighted by molar-refractivity contribution is 0.429. The molecule has 2 aromatic rings. The molecule has 0 saturated heterocycles. The molecule has 6 heteroatoms. The minimum Gasteiger partial charge on any atom is -0.215 e. The van der Waals surface area contributed by atoms with E-state index in [9.17, 15) is 0 Å². The van der Waals surface area contributed by atoms with Crippen molar-refractivity contribution < 1.29 is 0 Å². The van der Waals surface area contributed by atoms with E-state index >= 15 is 0 Å². The molecule has 0 N–H and O–H groups in total. The molecule has 3 rings (SSSR count). The largest absolute Gasteiger partial charge is 0.254 e. The lowest BCUT2D eigenvalue weighted by atomic mass is 9.89. The third-order valence-electron chi connectivity index (χ3n) is 3.45. The van der Waals surface area contributed by atoms with Crippen LogP contribution in [0.2, 0.25) is 5.15 Å². The standard InChI is InChI=1S/C12H14Cl2N4/c13-7-9-6-10(14)18-12(15-9)16-11(17-18)8-4-2-1-3-5-8/h6,8H,1-5,7H2. The van der Waals surface area contributed by atoms with Gasteiger partial charge in [-0.3, -0.25) is 0 Å². The van der Waals surface area contributed by atoms with Gasteiger partial charge in [0, 0.05) is 5.92 Å². The fraction of sp³-hybridized carbons (Fsp3) is 0.583. The van der Waals surface area contributed by atoms with Gasteiger partial charge in [-0.1, -0.05) is 30.9 Å². The van der Waals surface area contributed by atoms with E-state index in [0.29, 0.717) is 22.7 Å². The molecule has 2 heterocycles. The predicted molar refractivity (Wildman–Crippen MR) is 71.2 cm³/mol. The van der Waals surface area contributed by atoms with Crippen LogP contribution in [-0.2, 0) is 5.88 Å². The lowest BCUT2D eigenvalue weighted by Gasteiger charge is -2.17. The second kappa shape index (κ2) is 5.02. The van der Waals surface area contributed by atoms with Crippen molar-refractivity contribution in [1.82, 2.24) is 19.6 Å². The summed E-state index contributed by atoms with van der Waals surface area (Å²) >= 11 is 11.9. The maximum atomic E-state index is 6.16. The molecule has 0 atom stereocenters. The van der Waals surface area contributed by atoms with E-state index < -0.39 is 0 Å². The van der Waals surface area contributed by atoms with Crippen molar-refractivity contribution in [2.75, 3.05) is 0 Å². The van der Waals surface area contributed by atoms with Gasteiger partial charge < -0.3 is 0 Å². The van der Waals surface area contributed by atoms with Gasteiger partial charge in [-0.05, 0) is 18.9 Å². The summed E-state index contributed by atoms with van der Waals surface area (Å²) in [5.74, 6) is 2.22. The van der Waals surface area contributed by atoms with Crippen LogP contribution in [0, 0.1) is 0 Å². The van der Waals surface area contributed by atoms with Crippen LogP contribution in [0.25, 0.3) is 5.78 Å².